The van der Waals surface area contributed by atoms with Crippen molar-refractivity contribution in [3.63, 3.8) is 0 Å². The van der Waals surface area contributed by atoms with Gasteiger partial charge in [-0.25, -0.2) is 13.8 Å². The molecule has 0 aliphatic carbocycles. The van der Waals surface area contributed by atoms with Crippen molar-refractivity contribution < 1.29 is 8.78 Å². The Hall–Kier alpha value is -3.49. The Balaban J connectivity index is 2.04. The average Bonchev–Trinajstić information content (AvgIpc) is 2.69. The highest BCUT2D eigenvalue weighted by Crippen LogP contribution is 2.21. The van der Waals surface area contributed by atoms with Crippen molar-refractivity contribution in [2.24, 2.45) is 0 Å². The lowest BCUT2D eigenvalue weighted by molar-refractivity contribution is 0.624. The number of rotatable bonds is 1. The number of aromatic nitrogens is 2. The van der Waals surface area contributed by atoms with Gasteiger partial charge in [0.15, 0.2) is 5.82 Å². The molecule has 0 fully saturated rings. The van der Waals surface area contributed by atoms with Gasteiger partial charge in [-0.1, -0.05) is 41.8 Å². The molecule has 4 aromatic rings. The fourth-order valence-electron chi connectivity index (χ4n) is 2.78. The predicted molar refractivity (Wildman–Crippen MR) is 105 cm³/mol. The van der Waals surface area contributed by atoms with E-state index < -0.39 is 17.2 Å². The van der Waals surface area contributed by atoms with E-state index in [2.05, 4.69) is 16.8 Å². The lowest BCUT2D eigenvalue weighted by atomic mass is 10.2. The van der Waals surface area contributed by atoms with Crippen LogP contribution in [0, 0.1) is 23.5 Å². The molecular weight excluding hydrogens is 382 g/mol. The number of hydrogen-bond donors (Lipinski definition) is 0. The van der Waals surface area contributed by atoms with Crippen molar-refractivity contribution in [3.05, 3.63) is 105 Å². The maximum atomic E-state index is 13.9. The third-order valence-electron chi connectivity index (χ3n) is 4.11. The Morgan fingerprint density at radius 3 is 2.46 bits per heavy atom. The number of hydrogen-bond acceptors (Lipinski definition) is 2. The average molecular weight is 393 g/mol. The van der Waals surface area contributed by atoms with Gasteiger partial charge in [0.25, 0.3) is 5.56 Å². The molecule has 0 bridgehead atoms. The van der Waals surface area contributed by atoms with Gasteiger partial charge in [0.05, 0.1) is 27.2 Å². The number of fused-ring (bicyclic) bond motifs is 1. The molecule has 4 rings (SSSR count). The first-order valence-corrected chi connectivity index (χ1v) is 8.66. The zero-order valence-electron chi connectivity index (χ0n) is 14.3. The van der Waals surface area contributed by atoms with Crippen LogP contribution in [0.15, 0.2) is 71.5 Å². The smallest absolute Gasteiger partial charge is 0.266 e. The van der Waals surface area contributed by atoms with E-state index in [1.807, 2.05) is 0 Å². The first kappa shape index (κ1) is 17.9. The van der Waals surface area contributed by atoms with Crippen molar-refractivity contribution in [2.45, 2.75) is 0 Å². The second kappa shape index (κ2) is 7.26. The molecule has 0 aliphatic heterocycles. The van der Waals surface area contributed by atoms with Crippen LogP contribution in [0.4, 0.5) is 8.78 Å². The van der Waals surface area contributed by atoms with Gasteiger partial charge in [-0.3, -0.25) is 9.36 Å². The fraction of sp³-hybridized carbons (Fsp3) is 0. The molecule has 0 aliphatic rings. The molecule has 0 atom stereocenters. The summed E-state index contributed by atoms with van der Waals surface area (Å²) in [6.45, 7) is 0. The second-order valence-corrected chi connectivity index (χ2v) is 6.33. The van der Waals surface area contributed by atoms with Crippen LogP contribution in [0.25, 0.3) is 16.6 Å². The lowest BCUT2D eigenvalue weighted by Gasteiger charge is -2.11. The maximum absolute atomic E-state index is 13.9. The first-order chi connectivity index (χ1) is 13.5. The minimum absolute atomic E-state index is 0.0699. The van der Waals surface area contributed by atoms with Gasteiger partial charge in [0.2, 0.25) is 0 Å². The molecule has 0 radical (unpaired) electrons. The first-order valence-electron chi connectivity index (χ1n) is 8.28. The summed E-state index contributed by atoms with van der Waals surface area (Å²) in [5, 5.41) is 0.396. The molecule has 1 heterocycles. The molecule has 1 aromatic heterocycles. The largest absolute Gasteiger partial charge is 0.268 e. The van der Waals surface area contributed by atoms with E-state index >= 15 is 0 Å². The van der Waals surface area contributed by atoms with E-state index in [-0.39, 0.29) is 22.3 Å². The minimum atomic E-state index is -0.553. The number of halogens is 3. The Morgan fingerprint density at radius 1 is 0.929 bits per heavy atom. The summed E-state index contributed by atoms with van der Waals surface area (Å²) < 4.78 is 28.8. The van der Waals surface area contributed by atoms with E-state index in [9.17, 15) is 13.6 Å². The third-order valence-corrected chi connectivity index (χ3v) is 4.43. The third kappa shape index (κ3) is 3.26. The van der Waals surface area contributed by atoms with Crippen molar-refractivity contribution in [3.8, 4) is 17.5 Å². The molecular formula is C22H11ClF2N2O. The Morgan fingerprint density at radius 2 is 1.68 bits per heavy atom. The predicted octanol–water partition coefficient (Wildman–Crippen LogP) is 4.72. The molecule has 28 heavy (non-hydrogen) atoms. The Bertz CT molecular complexity index is 1340. The van der Waals surface area contributed by atoms with Gasteiger partial charge in [-0.2, -0.15) is 0 Å². The molecule has 0 spiro atoms. The lowest BCUT2D eigenvalue weighted by Crippen LogP contribution is -2.23. The molecule has 6 heteroatoms. The summed E-state index contributed by atoms with van der Waals surface area (Å²) in [7, 11) is 0. The van der Waals surface area contributed by atoms with E-state index in [1.165, 1.54) is 28.8 Å². The zero-order valence-corrected chi connectivity index (χ0v) is 15.0. The quantitative estimate of drug-likeness (QED) is 0.439. The van der Waals surface area contributed by atoms with Crippen molar-refractivity contribution in [1.29, 1.82) is 0 Å². The van der Waals surface area contributed by atoms with Crippen LogP contribution in [0.1, 0.15) is 11.4 Å². The molecule has 0 saturated carbocycles. The van der Waals surface area contributed by atoms with Crippen molar-refractivity contribution in [2.75, 3.05) is 0 Å². The van der Waals surface area contributed by atoms with E-state index in [4.69, 9.17) is 11.6 Å². The van der Waals surface area contributed by atoms with Crippen molar-refractivity contribution in [1.82, 2.24) is 9.55 Å². The highest BCUT2D eigenvalue weighted by molar-refractivity contribution is 6.32. The number of benzene rings is 3. The van der Waals surface area contributed by atoms with Crippen LogP contribution in [0.3, 0.4) is 0 Å². The van der Waals surface area contributed by atoms with Gasteiger partial charge in [0.1, 0.15) is 11.6 Å². The van der Waals surface area contributed by atoms with Gasteiger partial charge < -0.3 is 0 Å². The molecule has 3 aromatic carbocycles. The second-order valence-electron chi connectivity index (χ2n) is 5.92. The molecule has 0 saturated heterocycles. The van der Waals surface area contributed by atoms with Crippen LogP contribution in [0.2, 0.25) is 5.02 Å². The van der Waals surface area contributed by atoms with Crippen LogP contribution in [-0.2, 0) is 0 Å². The summed E-state index contributed by atoms with van der Waals surface area (Å²) in [5.41, 5.74) is 0.287. The summed E-state index contributed by atoms with van der Waals surface area (Å²) in [6, 6.07) is 16.4. The fourth-order valence-corrected chi connectivity index (χ4v) is 3.00. The van der Waals surface area contributed by atoms with Crippen LogP contribution >= 0.6 is 11.6 Å². The van der Waals surface area contributed by atoms with Crippen LogP contribution < -0.4 is 5.56 Å². The number of para-hydroxylation sites is 1. The van der Waals surface area contributed by atoms with Gasteiger partial charge in [-0.15, -0.1) is 0 Å². The molecule has 0 unspecified atom stereocenters. The zero-order chi connectivity index (χ0) is 19.7. The standard InChI is InChI=1S/C22H11ClF2N2O/c23-17-6-2-4-8-20(17)27-21(12-9-14-5-1-3-7-18(14)25)26-19-11-10-15(24)13-16(19)22(27)28/h1-8,10-11,13H. The maximum Gasteiger partial charge on any atom is 0.266 e. The van der Waals surface area contributed by atoms with Crippen LogP contribution in [0.5, 0.6) is 0 Å². The molecule has 136 valence electrons. The monoisotopic (exact) mass is 392 g/mol. The molecule has 0 amide bonds. The highest BCUT2D eigenvalue weighted by Gasteiger charge is 2.14. The summed E-state index contributed by atoms with van der Waals surface area (Å²) in [4.78, 5) is 17.5. The van der Waals surface area contributed by atoms with Gasteiger partial charge in [0, 0.05) is 0 Å². The highest BCUT2D eigenvalue weighted by atomic mass is 35.5. The van der Waals surface area contributed by atoms with Crippen molar-refractivity contribution >= 4 is 22.5 Å². The normalized spacial score (nSPS) is 10.5. The summed E-state index contributed by atoms with van der Waals surface area (Å²) >= 11 is 6.26. The van der Waals surface area contributed by atoms with Crippen LogP contribution in [-0.4, -0.2) is 9.55 Å². The minimum Gasteiger partial charge on any atom is -0.268 e. The number of nitrogens with zero attached hydrogens (tertiary/aromatic N) is 2. The van der Waals surface area contributed by atoms with Gasteiger partial charge >= 0.3 is 0 Å². The Labute approximate surface area is 163 Å². The topological polar surface area (TPSA) is 34.9 Å². The van der Waals surface area contributed by atoms with Gasteiger partial charge in [-0.05, 0) is 48.4 Å². The SMILES string of the molecule is O=c1c2cc(F)ccc2nc(C#Cc2ccccc2F)n1-c1ccccc1Cl. The summed E-state index contributed by atoms with van der Waals surface area (Å²) in [6.07, 6.45) is 0. The summed E-state index contributed by atoms with van der Waals surface area (Å²) in [5.74, 6) is 4.49. The van der Waals surface area contributed by atoms with E-state index in [1.54, 1.807) is 36.4 Å². The van der Waals surface area contributed by atoms with E-state index in [0.29, 0.717) is 10.7 Å². The molecule has 0 N–H and O–H groups in total. The Kier molecular flexibility index (Phi) is 4.64. The molecule has 3 nitrogen and oxygen atoms in total. The van der Waals surface area contributed by atoms with E-state index in [0.717, 1.165) is 6.07 Å².